The predicted octanol–water partition coefficient (Wildman–Crippen LogP) is 0.455. The number of rotatable bonds is 16. The van der Waals surface area contributed by atoms with Gasteiger partial charge in [0.15, 0.2) is 16.9 Å². The third-order valence-electron chi connectivity index (χ3n) is 8.10. The number of ether oxygens (including phenoxy) is 2. The molecular weight excluding hydrogens is 998 g/mol. The molecule has 1 aliphatic rings. The van der Waals surface area contributed by atoms with Gasteiger partial charge in [-0.15, -0.1) is 16.1 Å². The maximum Gasteiger partial charge on any atom is 1.00 e. The summed E-state index contributed by atoms with van der Waals surface area (Å²) < 4.78 is 12.9. The Morgan fingerprint density at radius 3 is 1.59 bits per heavy atom. The Balaban J connectivity index is -0.000000115. The number of nitrogens with one attached hydrogen (secondary N) is 5. The minimum atomic E-state index is -1.14. The minimum absolute atomic E-state index is 0. The number of imidazole rings is 4. The first-order chi connectivity index (χ1) is 32.0. The van der Waals surface area contributed by atoms with E-state index in [2.05, 4.69) is 93.6 Å². The van der Waals surface area contributed by atoms with E-state index in [0.717, 1.165) is 35.5 Å². The van der Waals surface area contributed by atoms with E-state index in [1.165, 1.54) is 13.0 Å². The van der Waals surface area contributed by atoms with Crippen LogP contribution in [0.25, 0.3) is 12.2 Å². The molecule has 3 radical (unpaired) electrons. The fourth-order valence-electron chi connectivity index (χ4n) is 4.38. The SMILES string of the molecule is C.C.C=CC(=N)N.C=CC(N)=O.C=Cc1nc(C(=O)OCC)c(C)[nH]1.C=Cc1nc(CO)c(C)[nH]1.CCOC(=O)C(Cl)C(C)=O.Cc1[nH]c(C(N)CN)nc1CO.Cc1[nH]c(C2CN2N=S)nc1CO.N.[Al].[H-].[Li+]. The molecule has 5 heterocycles. The molecule has 3 atom stereocenters. The number of aromatic amines is 4. The van der Waals surface area contributed by atoms with Crippen molar-refractivity contribution in [3.8, 4) is 0 Å². The zero-order valence-corrected chi connectivity index (χ0v) is 44.4. The molecule has 3 unspecified atom stereocenters. The number of carbonyl (C=O) groups is 4. The molecule has 5 rings (SSSR count). The Hall–Kier alpha value is -5.65. The van der Waals surface area contributed by atoms with E-state index in [1.807, 2.05) is 20.8 Å². The van der Waals surface area contributed by atoms with Gasteiger partial charge in [-0.2, -0.15) is 0 Å². The molecule has 405 valence electrons. The quantitative estimate of drug-likeness (QED) is 0.0106. The second-order valence-corrected chi connectivity index (χ2v) is 13.9. The second kappa shape index (κ2) is 45.0. The molecule has 4 aromatic rings. The molecule has 1 aliphatic heterocycles. The number of amides is 1. The number of aliphatic hydroxyl groups excluding tert-OH is 3. The second-order valence-electron chi connectivity index (χ2n) is 13.3. The van der Waals surface area contributed by atoms with Gasteiger partial charge in [-0.25, -0.2) is 29.5 Å². The van der Waals surface area contributed by atoms with Gasteiger partial charge in [0.25, 0.3) is 0 Å². The number of nitrogens with two attached hydrogens (primary N) is 4. The molecule has 0 aromatic carbocycles. The Morgan fingerprint density at radius 1 is 0.849 bits per heavy atom. The summed E-state index contributed by atoms with van der Waals surface area (Å²) in [4.78, 5) is 70.0. The first-order valence-electron chi connectivity index (χ1n) is 20.3. The molecule has 0 bridgehead atoms. The average Bonchev–Trinajstić information content (AvgIpc) is 3.54. The first kappa shape index (κ1) is 81.4. The molecule has 0 saturated carbocycles. The maximum absolute atomic E-state index is 11.3. The van der Waals surface area contributed by atoms with Crippen molar-refractivity contribution in [2.24, 2.45) is 27.4 Å². The summed E-state index contributed by atoms with van der Waals surface area (Å²) in [5.74, 6) is 0.854. The summed E-state index contributed by atoms with van der Waals surface area (Å²) in [5.41, 5.74) is 26.0. The third kappa shape index (κ3) is 32.2. The van der Waals surface area contributed by atoms with Gasteiger partial charge >= 0.3 is 30.8 Å². The van der Waals surface area contributed by atoms with E-state index in [1.54, 1.807) is 37.9 Å². The number of aliphatic hydroxyl groups is 3. The van der Waals surface area contributed by atoms with Crippen molar-refractivity contribution >= 4 is 83.0 Å². The van der Waals surface area contributed by atoms with Crippen molar-refractivity contribution in [1.29, 1.82) is 5.41 Å². The number of aromatic nitrogens is 8. The van der Waals surface area contributed by atoms with Crippen molar-refractivity contribution in [3.05, 3.63) is 107 Å². The van der Waals surface area contributed by atoms with Gasteiger partial charge in [-0.1, -0.05) is 41.2 Å². The zero-order chi connectivity index (χ0) is 52.7. The van der Waals surface area contributed by atoms with Crippen LogP contribution in [-0.4, -0.2) is 139 Å². The van der Waals surface area contributed by atoms with Gasteiger partial charge < -0.3 is 75.2 Å². The number of ketones is 1. The fraction of sp³-hybridized carbons (Fsp3) is 0.432. The van der Waals surface area contributed by atoms with Gasteiger partial charge in [0.05, 0.1) is 75.1 Å². The predicted molar refractivity (Wildman–Crippen MR) is 286 cm³/mol. The zero-order valence-electron chi connectivity index (χ0n) is 42.7. The van der Waals surface area contributed by atoms with Crippen molar-refractivity contribution in [2.75, 3.05) is 26.3 Å². The normalized spacial score (nSPS) is 11.5. The molecule has 29 heteroatoms. The standard InChI is InChI=1S/C9H12N2O2.C7H10N4OS.C7H14N4O.C7H10N2O.C6H9ClO3.C3H6N2.C3H5NO.2CH4.Al.Li.H3N.H/c1-4-7-10-6(3)8(11-7)9(12)13-5-2;1-4-5(3-12)9-7(8-4)6-2-11(6)10-13;1-4-6(3-12)11-7(10-4)5(9)2-8;1-3-7-8-5(2)6(4-10)9-7;1-3-10-6(9)5(7)4(2)8;2*1-2-3(4)5;;;;;;/h4H,1,5H2,2-3H3,(H,10,11);6,12H,2-3H2,1H3,(H,8,9);5,12H,2-3,8-9H2,1H3,(H,10,11);3,10H,1,4H2,2H3,(H,8,9);5H,3H2,1-2H3;2H,1H2,(H3,4,5);2H,1H2,(H2,4,5);2*1H4;;;1H3;/q;;;;;;;;;;+1;;-1. The van der Waals surface area contributed by atoms with E-state index < -0.39 is 23.2 Å². The van der Waals surface area contributed by atoms with E-state index in [9.17, 15) is 19.2 Å². The number of amidine groups is 1. The number of nitrogens with zero attached hydrogens (tertiary/aromatic N) is 6. The molecule has 1 fully saturated rings. The smallest absolute Gasteiger partial charge is 1.00 e. The molecule has 1 amide bonds. The Labute approximate surface area is 462 Å². The van der Waals surface area contributed by atoms with Crippen LogP contribution in [0.2, 0.25) is 0 Å². The number of esters is 2. The number of hydrogen-bond acceptors (Lipinski definition) is 19. The first-order valence-corrected chi connectivity index (χ1v) is 21.1. The van der Waals surface area contributed by atoms with E-state index in [0.29, 0.717) is 59.1 Å². The Kier molecular flexibility index (Phi) is 50.2. The van der Waals surface area contributed by atoms with Crippen molar-refractivity contribution in [2.45, 2.75) is 101 Å². The monoisotopic (exact) mass is 1080 g/mol. The van der Waals surface area contributed by atoms with E-state index in [-0.39, 0.29) is 109 Å². The number of halogens is 1. The third-order valence-corrected chi connectivity index (χ3v) is 8.80. The van der Waals surface area contributed by atoms with Gasteiger partial charge in [0.2, 0.25) is 5.91 Å². The van der Waals surface area contributed by atoms with Crippen molar-refractivity contribution in [1.82, 2.24) is 51.0 Å². The van der Waals surface area contributed by atoms with Crippen LogP contribution in [0.4, 0.5) is 0 Å². The van der Waals surface area contributed by atoms with Crippen LogP contribution in [0, 0.1) is 33.1 Å². The Morgan fingerprint density at radius 2 is 1.27 bits per heavy atom. The number of primary amides is 1. The molecule has 19 N–H and O–H groups in total. The summed E-state index contributed by atoms with van der Waals surface area (Å²) in [5, 5.41) is 33.5. The largest absolute Gasteiger partial charge is 1.00 e. The van der Waals surface area contributed by atoms with Crippen LogP contribution in [0.3, 0.4) is 0 Å². The molecule has 0 aliphatic carbocycles. The summed E-state index contributed by atoms with van der Waals surface area (Å²) in [7, 11) is 0. The van der Waals surface area contributed by atoms with Gasteiger partial charge in [0, 0.05) is 46.7 Å². The van der Waals surface area contributed by atoms with Crippen LogP contribution in [0.15, 0.2) is 42.9 Å². The fourth-order valence-corrected chi connectivity index (χ4v) is 4.62. The van der Waals surface area contributed by atoms with Crippen molar-refractivity contribution < 1.29 is 64.3 Å². The summed E-state index contributed by atoms with van der Waals surface area (Å²) in [6.07, 6.45) is 5.50. The topological polar surface area (TPSA) is 440 Å². The molecule has 73 heavy (non-hydrogen) atoms. The summed E-state index contributed by atoms with van der Waals surface area (Å²) in [6.45, 7) is 27.1. The van der Waals surface area contributed by atoms with Crippen LogP contribution < -0.4 is 47.9 Å². The average molecular weight is 1080 g/mol. The van der Waals surface area contributed by atoms with E-state index >= 15 is 0 Å². The van der Waals surface area contributed by atoms with Gasteiger partial charge in [-0.05, 0) is 72.8 Å². The minimum Gasteiger partial charge on any atom is -1.00 e. The Bertz CT molecular complexity index is 2260. The van der Waals surface area contributed by atoms with Crippen LogP contribution in [-0.2, 0) is 56.1 Å². The van der Waals surface area contributed by atoms with Crippen LogP contribution in [0.1, 0.15) is 123 Å². The van der Waals surface area contributed by atoms with E-state index in [4.69, 9.17) is 54.3 Å². The maximum atomic E-state index is 11.3. The van der Waals surface area contributed by atoms with Crippen LogP contribution >= 0.6 is 11.6 Å². The molecule has 25 nitrogen and oxygen atoms in total. The van der Waals surface area contributed by atoms with Crippen molar-refractivity contribution in [3.63, 3.8) is 0 Å². The summed E-state index contributed by atoms with van der Waals surface area (Å²) in [6, 6.07) is -0.0829. The number of alkyl halides is 1. The number of carbonyl (C=O) groups excluding carboxylic acids is 4. The number of Topliss-reactive ketones (excluding diaryl/α,β-unsaturated/α-hetero) is 1. The molecule has 0 spiro atoms. The number of aryl methyl sites for hydroxylation is 4. The summed E-state index contributed by atoms with van der Waals surface area (Å²) >= 11 is 9.86. The molecular formula is C44H78AlClLiN16O9S. The molecule has 4 aromatic heterocycles. The number of H-pyrrole nitrogens is 4. The molecule has 1 saturated heterocycles. The van der Waals surface area contributed by atoms with Crippen LogP contribution in [0.5, 0.6) is 0 Å². The number of hydrogen-bond donors (Lipinski definition) is 13. The van der Waals surface area contributed by atoms with Gasteiger partial charge in [0.1, 0.15) is 35.2 Å². The van der Waals surface area contributed by atoms with Gasteiger partial charge in [-0.3, -0.25) is 20.0 Å².